The van der Waals surface area contributed by atoms with Gasteiger partial charge in [0, 0.05) is 42.0 Å². The lowest BCUT2D eigenvalue weighted by Gasteiger charge is -2.19. The first-order chi connectivity index (χ1) is 14.2. The summed E-state index contributed by atoms with van der Waals surface area (Å²) < 4.78 is 0. The molecule has 0 saturated carbocycles. The summed E-state index contributed by atoms with van der Waals surface area (Å²) in [5.41, 5.74) is 8.05. The van der Waals surface area contributed by atoms with E-state index in [0.717, 1.165) is 41.7 Å². The third-order valence-corrected chi connectivity index (χ3v) is 4.96. The highest BCUT2D eigenvalue weighted by Crippen LogP contribution is 2.19. The number of amides is 2. The maximum Gasteiger partial charge on any atom is 0.261 e. The van der Waals surface area contributed by atoms with E-state index in [1.807, 2.05) is 36.5 Å². The number of rotatable bonds is 5. The second-order valence-electron chi connectivity index (χ2n) is 7.00. The quantitative estimate of drug-likeness (QED) is 0.504. The Morgan fingerprint density at radius 3 is 2.66 bits per heavy atom. The smallest absolute Gasteiger partial charge is 0.261 e. The van der Waals surface area contributed by atoms with Crippen molar-refractivity contribution in [2.45, 2.75) is 25.3 Å². The zero-order valence-corrected chi connectivity index (χ0v) is 15.9. The standard InChI is InChI=1S/C22H23N5O2/c28-21(15-7-2-1-3-8-15)25-19(22(29)27-26-20-11-6-12-23-20)13-16-14-24-18-10-5-4-9-17(16)18/h1-5,7-10,14,19,24H,6,11-13H2,(H,23,26)(H,25,28)(H,27,29)/t19-/m0/s1. The second-order valence-corrected chi connectivity index (χ2v) is 7.00. The van der Waals surface area contributed by atoms with E-state index in [-0.39, 0.29) is 11.8 Å². The van der Waals surface area contributed by atoms with Crippen molar-refractivity contribution >= 4 is 28.6 Å². The van der Waals surface area contributed by atoms with Crippen molar-refractivity contribution in [2.75, 3.05) is 6.54 Å². The van der Waals surface area contributed by atoms with Gasteiger partial charge in [-0.15, -0.1) is 0 Å². The van der Waals surface area contributed by atoms with Crippen LogP contribution in [0.4, 0.5) is 0 Å². The highest BCUT2D eigenvalue weighted by Gasteiger charge is 2.23. The topological polar surface area (TPSA) is 98.4 Å². The predicted molar refractivity (Wildman–Crippen MR) is 113 cm³/mol. The number of amidine groups is 1. The van der Waals surface area contributed by atoms with Crippen molar-refractivity contribution in [3.8, 4) is 0 Å². The molecule has 4 N–H and O–H groups in total. The molecule has 0 aliphatic carbocycles. The van der Waals surface area contributed by atoms with E-state index in [2.05, 4.69) is 26.1 Å². The number of hydrazine groups is 1. The predicted octanol–water partition coefficient (Wildman–Crippen LogP) is 2.32. The molecule has 7 heteroatoms. The van der Waals surface area contributed by atoms with Gasteiger partial charge in [-0.05, 0) is 30.2 Å². The van der Waals surface area contributed by atoms with Gasteiger partial charge in [0.05, 0.1) is 0 Å². The van der Waals surface area contributed by atoms with Gasteiger partial charge in [0.15, 0.2) is 0 Å². The minimum absolute atomic E-state index is 0.288. The van der Waals surface area contributed by atoms with Crippen LogP contribution in [0.1, 0.15) is 28.8 Å². The van der Waals surface area contributed by atoms with Crippen molar-refractivity contribution in [1.29, 1.82) is 0 Å². The number of nitrogens with one attached hydrogen (secondary N) is 4. The summed E-state index contributed by atoms with van der Waals surface area (Å²) in [7, 11) is 0. The van der Waals surface area contributed by atoms with Crippen LogP contribution in [0.2, 0.25) is 0 Å². The zero-order valence-electron chi connectivity index (χ0n) is 15.9. The molecule has 7 nitrogen and oxygen atoms in total. The van der Waals surface area contributed by atoms with E-state index in [1.165, 1.54) is 0 Å². The lowest BCUT2D eigenvalue weighted by Crippen LogP contribution is -2.53. The molecule has 3 aromatic rings. The molecule has 4 rings (SSSR count). The fourth-order valence-electron chi connectivity index (χ4n) is 3.42. The number of fused-ring (bicyclic) bond motifs is 1. The molecule has 29 heavy (non-hydrogen) atoms. The van der Waals surface area contributed by atoms with Gasteiger partial charge in [-0.2, -0.15) is 0 Å². The minimum atomic E-state index is -0.739. The molecule has 1 aromatic heterocycles. The third kappa shape index (κ3) is 4.45. The second kappa shape index (κ2) is 8.60. The van der Waals surface area contributed by atoms with Crippen LogP contribution < -0.4 is 16.2 Å². The fourth-order valence-corrected chi connectivity index (χ4v) is 3.42. The minimum Gasteiger partial charge on any atom is -0.361 e. The van der Waals surface area contributed by atoms with E-state index in [1.54, 1.807) is 24.3 Å². The summed E-state index contributed by atoms with van der Waals surface area (Å²) in [6.45, 7) is 0.766. The summed E-state index contributed by atoms with van der Waals surface area (Å²) >= 11 is 0. The highest BCUT2D eigenvalue weighted by molar-refractivity contribution is 5.98. The van der Waals surface area contributed by atoms with Gasteiger partial charge in [-0.1, -0.05) is 36.4 Å². The van der Waals surface area contributed by atoms with Crippen molar-refractivity contribution in [2.24, 2.45) is 4.99 Å². The van der Waals surface area contributed by atoms with Crippen LogP contribution in [0.3, 0.4) is 0 Å². The zero-order chi connectivity index (χ0) is 20.1. The van der Waals surface area contributed by atoms with Gasteiger partial charge in [-0.25, -0.2) is 0 Å². The Kier molecular flexibility index (Phi) is 5.56. The molecule has 2 heterocycles. The summed E-state index contributed by atoms with van der Waals surface area (Å²) in [6, 6.07) is 16.0. The van der Waals surface area contributed by atoms with Gasteiger partial charge in [0.1, 0.15) is 11.9 Å². The van der Waals surface area contributed by atoms with Crippen molar-refractivity contribution in [1.82, 2.24) is 21.2 Å². The number of H-pyrrole nitrogens is 1. The molecule has 0 radical (unpaired) electrons. The number of aliphatic imine (C=N–C) groups is 1. The maximum atomic E-state index is 12.9. The van der Waals surface area contributed by atoms with Crippen molar-refractivity contribution in [3.63, 3.8) is 0 Å². The number of carbonyl (C=O) groups is 2. The number of para-hydroxylation sites is 1. The molecular weight excluding hydrogens is 366 g/mol. The third-order valence-electron chi connectivity index (χ3n) is 4.96. The SMILES string of the molecule is O=C(N[C@@H](Cc1c[nH]c2ccccc12)C(=O)NNC1=NCCC1)c1ccccc1. The molecule has 2 amide bonds. The summed E-state index contributed by atoms with van der Waals surface area (Å²) in [5.74, 6) is 0.163. The van der Waals surface area contributed by atoms with Crippen LogP contribution in [0.15, 0.2) is 65.8 Å². The van der Waals surface area contributed by atoms with Crippen molar-refractivity contribution < 1.29 is 9.59 Å². The molecule has 1 atom stereocenters. The van der Waals surface area contributed by atoms with Gasteiger partial charge in [0.25, 0.3) is 11.8 Å². The first-order valence-corrected chi connectivity index (χ1v) is 9.71. The average Bonchev–Trinajstić information content (AvgIpc) is 3.42. The molecule has 0 saturated heterocycles. The number of benzene rings is 2. The molecule has 148 valence electrons. The number of aromatic nitrogens is 1. The summed E-state index contributed by atoms with van der Waals surface area (Å²) in [5, 5.41) is 3.90. The monoisotopic (exact) mass is 389 g/mol. The lowest BCUT2D eigenvalue weighted by molar-refractivity contribution is -0.123. The van der Waals surface area contributed by atoms with E-state index in [9.17, 15) is 9.59 Å². The van der Waals surface area contributed by atoms with Crippen LogP contribution in [0.25, 0.3) is 10.9 Å². The molecule has 1 aliphatic heterocycles. The number of aromatic amines is 1. The van der Waals surface area contributed by atoms with Crippen LogP contribution in [-0.2, 0) is 11.2 Å². The summed E-state index contributed by atoms with van der Waals surface area (Å²) in [4.78, 5) is 33.1. The number of nitrogens with zero attached hydrogens (tertiary/aromatic N) is 1. The normalized spacial score (nSPS) is 14.3. The molecule has 2 aromatic carbocycles. The Balaban J connectivity index is 1.52. The van der Waals surface area contributed by atoms with Crippen LogP contribution >= 0.6 is 0 Å². The van der Waals surface area contributed by atoms with E-state index in [0.29, 0.717) is 12.0 Å². The van der Waals surface area contributed by atoms with Crippen LogP contribution in [0.5, 0.6) is 0 Å². The highest BCUT2D eigenvalue weighted by atomic mass is 16.2. The van der Waals surface area contributed by atoms with E-state index >= 15 is 0 Å². The molecule has 0 spiro atoms. The first-order valence-electron chi connectivity index (χ1n) is 9.71. The molecular formula is C22H23N5O2. The maximum absolute atomic E-state index is 12.9. The Morgan fingerprint density at radius 2 is 1.86 bits per heavy atom. The summed E-state index contributed by atoms with van der Waals surface area (Å²) in [6.07, 6.45) is 4.03. The molecule has 0 unspecified atom stereocenters. The molecule has 0 bridgehead atoms. The Morgan fingerprint density at radius 1 is 1.07 bits per heavy atom. The van der Waals surface area contributed by atoms with Gasteiger partial charge < -0.3 is 10.3 Å². The van der Waals surface area contributed by atoms with E-state index < -0.39 is 6.04 Å². The Hall–Kier alpha value is -3.61. The number of hydrogen-bond acceptors (Lipinski definition) is 4. The number of hydrogen-bond donors (Lipinski definition) is 4. The molecule has 0 fully saturated rings. The fraction of sp³-hybridized carbons (Fsp3) is 0.227. The Labute approximate surface area is 168 Å². The van der Waals surface area contributed by atoms with Gasteiger partial charge in [0.2, 0.25) is 0 Å². The van der Waals surface area contributed by atoms with Crippen LogP contribution in [-0.4, -0.2) is 35.2 Å². The van der Waals surface area contributed by atoms with Crippen molar-refractivity contribution in [3.05, 3.63) is 71.9 Å². The van der Waals surface area contributed by atoms with Crippen LogP contribution in [0, 0.1) is 0 Å². The molecule has 1 aliphatic rings. The first kappa shape index (κ1) is 18.7. The largest absolute Gasteiger partial charge is 0.361 e. The van der Waals surface area contributed by atoms with Gasteiger partial charge >= 0.3 is 0 Å². The van der Waals surface area contributed by atoms with Gasteiger partial charge in [-0.3, -0.25) is 25.4 Å². The number of carbonyl (C=O) groups excluding carboxylic acids is 2. The van der Waals surface area contributed by atoms with E-state index in [4.69, 9.17) is 0 Å². The Bertz CT molecular complexity index is 1040. The lowest BCUT2D eigenvalue weighted by atomic mass is 10.0. The average molecular weight is 389 g/mol.